The van der Waals surface area contributed by atoms with Crippen LogP contribution in [0.25, 0.3) is 5.69 Å². The number of hydrogen-bond donors (Lipinski definition) is 0. The molecule has 2 saturated heterocycles. The lowest BCUT2D eigenvalue weighted by Crippen LogP contribution is -2.52. The molecule has 0 spiro atoms. The van der Waals surface area contributed by atoms with Crippen molar-refractivity contribution in [2.24, 2.45) is 0 Å². The molecule has 0 radical (unpaired) electrons. The second-order valence-corrected chi connectivity index (χ2v) is 6.87. The Morgan fingerprint density at radius 3 is 2.56 bits per heavy atom. The van der Waals surface area contributed by atoms with Crippen molar-refractivity contribution in [3.63, 3.8) is 0 Å². The van der Waals surface area contributed by atoms with Crippen LogP contribution in [0.2, 0.25) is 0 Å². The van der Waals surface area contributed by atoms with E-state index in [-0.39, 0.29) is 17.9 Å². The van der Waals surface area contributed by atoms with E-state index in [2.05, 4.69) is 15.5 Å². The van der Waals surface area contributed by atoms with E-state index in [1.54, 1.807) is 15.6 Å². The van der Waals surface area contributed by atoms with Crippen LogP contribution in [0.5, 0.6) is 0 Å². The number of ether oxygens (including phenoxy) is 1. The number of carbonyl (C=O) groups is 2. The van der Waals surface area contributed by atoms with Gasteiger partial charge in [-0.15, -0.1) is 5.10 Å². The molecule has 9 nitrogen and oxygen atoms in total. The molecule has 2 fully saturated rings. The normalized spacial score (nSPS) is 20.1. The summed E-state index contributed by atoms with van der Waals surface area (Å²) in [5.41, 5.74) is 2.38. The van der Waals surface area contributed by atoms with Gasteiger partial charge in [0.05, 0.1) is 5.69 Å². The topological polar surface area (TPSA) is 93.5 Å². The van der Waals surface area contributed by atoms with Gasteiger partial charge in [-0.2, -0.15) is 0 Å². The third-order valence-corrected chi connectivity index (χ3v) is 5.12. The van der Waals surface area contributed by atoms with Crippen LogP contribution >= 0.6 is 0 Å². The van der Waals surface area contributed by atoms with Gasteiger partial charge in [-0.1, -0.05) is 0 Å². The highest BCUT2D eigenvalue weighted by molar-refractivity contribution is 5.95. The SMILES string of the molecule is Cc1cc(C(=O)N2CCN(C(=O)C3CCCO3)CC2)ccc1-n1cnnn1. The predicted octanol–water partition coefficient (Wildman–Crippen LogP) is 0.434. The van der Waals surface area contributed by atoms with Crippen LogP contribution in [-0.2, 0) is 9.53 Å². The maximum Gasteiger partial charge on any atom is 0.253 e. The minimum atomic E-state index is -0.297. The molecule has 4 rings (SSSR count). The monoisotopic (exact) mass is 370 g/mol. The third kappa shape index (κ3) is 3.55. The number of aryl methyl sites for hydroxylation is 1. The fourth-order valence-corrected chi connectivity index (χ4v) is 3.61. The maximum atomic E-state index is 12.8. The first kappa shape index (κ1) is 17.6. The van der Waals surface area contributed by atoms with Crippen LogP contribution in [-0.4, -0.2) is 80.7 Å². The molecule has 1 atom stereocenters. The van der Waals surface area contributed by atoms with Gasteiger partial charge in [-0.3, -0.25) is 9.59 Å². The van der Waals surface area contributed by atoms with Gasteiger partial charge in [0.15, 0.2) is 0 Å². The molecule has 27 heavy (non-hydrogen) atoms. The van der Waals surface area contributed by atoms with Gasteiger partial charge in [0, 0.05) is 38.3 Å². The average molecular weight is 370 g/mol. The molecule has 2 aromatic rings. The van der Waals surface area contributed by atoms with Crippen molar-refractivity contribution in [3.8, 4) is 5.69 Å². The molecular formula is C18H22N6O3. The summed E-state index contributed by atoms with van der Waals surface area (Å²) in [7, 11) is 0. The highest BCUT2D eigenvalue weighted by Gasteiger charge is 2.31. The zero-order valence-electron chi connectivity index (χ0n) is 15.2. The van der Waals surface area contributed by atoms with Crippen LogP contribution in [0, 0.1) is 6.92 Å². The number of benzene rings is 1. The molecular weight excluding hydrogens is 348 g/mol. The Morgan fingerprint density at radius 1 is 1.15 bits per heavy atom. The standard InChI is InChI=1S/C18H22N6O3/c1-13-11-14(4-5-15(13)24-12-19-20-21-24)17(25)22-6-8-23(9-7-22)18(26)16-3-2-10-27-16/h4-5,11-12,16H,2-3,6-10H2,1H3. The highest BCUT2D eigenvalue weighted by atomic mass is 16.5. The summed E-state index contributed by atoms with van der Waals surface area (Å²) < 4.78 is 7.05. The van der Waals surface area contributed by atoms with Crippen LogP contribution in [0.1, 0.15) is 28.8 Å². The Balaban J connectivity index is 1.39. The number of aromatic nitrogens is 4. The fraction of sp³-hybridized carbons (Fsp3) is 0.500. The van der Waals surface area contributed by atoms with E-state index in [9.17, 15) is 9.59 Å². The smallest absolute Gasteiger partial charge is 0.253 e. The Kier molecular flexibility index (Phi) is 4.85. The van der Waals surface area contributed by atoms with E-state index in [1.165, 1.54) is 6.33 Å². The van der Waals surface area contributed by atoms with E-state index >= 15 is 0 Å². The van der Waals surface area contributed by atoms with E-state index in [0.717, 1.165) is 24.1 Å². The Bertz CT molecular complexity index is 824. The zero-order valence-corrected chi connectivity index (χ0v) is 15.2. The van der Waals surface area contributed by atoms with Gasteiger partial charge in [0.1, 0.15) is 12.4 Å². The Morgan fingerprint density at radius 2 is 1.93 bits per heavy atom. The summed E-state index contributed by atoms with van der Waals surface area (Å²) in [6.07, 6.45) is 2.96. The first-order valence-corrected chi connectivity index (χ1v) is 9.17. The quantitative estimate of drug-likeness (QED) is 0.778. The number of amides is 2. The van der Waals surface area contributed by atoms with Crippen molar-refractivity contribution >= 4 is 11.8 Å². The number of rotatable bonds is 3. The number of nitrogens with zero attached hydrogens (tertiary/aromatic N) is 6. The lowest BCUT2D eigenvalue weighted by Gasteiger charge is -2.35. The van der Waals surface area contributed by atoms with Crippen LogP contribution in [0.15, 0.2) is 24.5 Å². The summed E-state index contributed by atoms with van der Waals surface area (Å²) >= 11 is 0. The molecule has 2 aliphatic heterocycles. The van der Waals surface area contributed by atoms with Crippen LogP contribution in [0.4, 0.5) is 0 Å². The molecule has 1 aromatic carbocycles. The molecule has 142 valence electrons. The molecule has 2 amide bonds. The lowest BCUT2D eigenvalue weighted by atomic mass is 10.1. The van der Waals surface area contributed by atoms with Crippen molar-refractivity contribution in [1.82, 2.24) is 30.0 Å². The third-order valence-electron chi connectivity index (χ3n) is 5.12. The van der Waals surface area contributed by atoms with E-state index in [1.807, 2.05) is 24.0 Å². The van der Waals surface area contributed by atoms with Crippen LogP contribution < -0.4 is 0 Å². The summed E-state index contributed by atoms with van der Waals surface area (Å²) in [6, 6.07) is 5.48. The summed E-state index contributed by atoms with van der Waals surface area (Å²) in [4.78, 5) is 28.9. The van der Waals surface area contributed by atoms with Crippen molar-refractivity contribution in [2.75, 3.05) is 32.8 Å². The second kappa shape index (κ2) is 7.43. The fourth-order valence-electron chi connectivity index (χ4n) is 3.61. The van der Waals surface area contributed by atoms with Crippen LogP contribution in [0.3, 0.4) is 0 Å². The number of tetrazole rings is 1. The van der Waals surface area contributed by atoms with Gasteiger partial charge >= 0.3 is 0 Å². The molecule has 0 N–H and O–H groups in total. The van der Waals surface area contributed by atoms with Crippen molar-refractivity contribution < 1.29 is 14.3 Å². The highest BCUT2D eigenvalue weighted by Crippen LogP contribution is 2.19. The first-order chi connectivity index (χ1) is 13.1. The molecule has 2 aliphatic rings. The molecule has 0 aliphatic carbocycles. The molecule has 3 heterocycles. The summed E-state index contributed by atoms with van der Waals surface area (Å²) in [5.74, 6) is 0.0341. The summed E-state index contributed by atoms with van der Waals surface area (Å²) in [6.45, 7) is 4.75. The van der Waals surface area contributed by atoms with Gasteiger partial charge in [-0.05, 0) is 54.0 Å². The van der Waals surface area contributed by atoms with Crippen molar-refractivity contribution in [2.45, 2.75) is 25.9 Å². The number of hydrogen-bond acceptors (Lipinski definition) is 6. The first-order valence-electron chi connectivity index (χ1n) is 9.17. The van der Waals surface area contributed by atoms with Gasteiger partial charge in [0.25, 0.3) is 11.8 Å². The van der Waals surface area contributed by atoms with Gasteiger partial charge in [-0.25, -0.2) is 4.68 Å². The molecule has 1 aromatic heterocycles. The van der Waals surface area contributed by atoms with E-state index < -0.39 is 0 Å². The minimum absolute atomic E-state index is 0.0226. The summed E-state index contributed by atoms with van der Waals surface area (Å²) in [5, 5.41) is 11.2. The van der Waals surface area contributed by atoms with Gasteiger partial charge in [0.2, 0.25) is 0 Å². The predicted molar refractivity (Wildman–Crippen MR) is 95.3 cm³/mol. The average Bonchev–Trinajstić information content (AvgIpc) is 3.41. The molecule has 1 unspecified atom stereocenters. The van der Waals surface area contributed by atoms with Gasteiger partial charge < -0.3 is 14.5 Å². The molecule has 0 saturated carbocycles. The molecule has 9 heteroatoms. The minimum Gasteiger partial charge on any atom is -0.368 e. The maximum absolute atomic E-state index is 12.8. The zero-order chi connectivity index (χ0) is 18.8. The molecule has 0 bridgehead atoms. The number of piperazine rings is 1. The lowest BCUT2D eigenvalue weighted by molar-refractivity contribution is -0.142. The van der Waals surface area contributed by atoms with Crippen molar-refractivity contribution in [3.05, 3.63) is 35.7 Å². The number of carbonyl (C=O) groups excluding carboxylic acids is 2. The second-order valence-electron chi connectivity index (χ2n) is 6.87. The largest absolute Gasteiger partial charge is 0.368 e. The Hall–Kier alpha value is -2.81. The van der Waals surface area contributed by atoms with E-state index in [0.29, 0.717) is 38.3 Å². The van der Waals surface area contributed by atoms with E-state index in [4.69, 9.17) is 4.74 Å². The Labute approximate surface area is 156 Å². The van der Waals surface area contributed by atoms with Crippen molar-refractivity contribution in [1.29, 1.82) is 0 Å².